The van der Waals surface area contributed by atoms with Gasteiger partial charge >= 0.3 is 12.2 Å². The monoisotopic (exact) mass is 293 g/mol. The van der Waals surface area contributed by atoms with Crippen molar-refractivity contribution < 1.29 is 27.6 Å². The molecule has 0 bridgehead atoms. The molecule has 1 saturated heterocycles. The smallest absolute Gasteiger partial charge is 0.345 e. The van der Waals surface area contributed by atoms with Crippen molar-refractivity contribution in [1.29, 1.82) is 0 Å². The van der Waals surface area contributed by atoms with Gasteiger partial charge in [-0.2, -0.15) is 13.2 Å². The van der Waals surface area contributed by atoms with Crippen LogP contribution in [0.2, 0.25) is 0 Å². The van der Waals surface area contributed by atoms with Gasteiger partial charge in [0.15, 0.2) is 0 Å². The van der Waals surface area contributed by atoms with Crippen molar-refractivity contribution in [2.45, 2.75) is 31.5 Å². The van der Waals surface area contributed by atoms with Crippen LogP contribution in [0, 0.1) is 5.92 Å². The van der Waals surface area contributed by atoms with Crippen molar-refractivity contribution in [3.05, 3.63) is 0 Å². The minimum absolute atomic E-state index is 0.0298. The first-order chi connectivity index (χ1) is 9.13. The molecule has 1 saturated carbocycles. The Bertz CT molecular complexity index is 462. The number of carbonyl (C=O) groups excluding carboxylic acids is 3. The molecule has 2 N–H and O–H groups in total. The Morgan fingerprint density at radius 1 is 1.45 bits per heavy atom. The summed E-state index contributed by atoms with van der Waals surface area (Å²) >= 11 is 0. The fraction of sp³-hybridized carbons (Fsp3) is 0.727. The predicted molar refractivity (Wildman–Crippen MR) is 60.4 cm³/mol. The largest absolute Gasteiger partial charge is 0.405 e. The van der Waals surface area contributed by atoms with E-state index in [2.05, 4.69) is 5.32 Å². The van der Waals surface area contributed by atoms with Crippen LogP contribution in [0.25, 0.3) is 0 Å². The van der Waals surface area contributed by atoms with Gasteiger partial charge in [0.1, 0.15) is 18.6 Å². The summed E-state index contributed by atoms with van der Waals surface area (Å²) in [7, 11) is 0. The highest BCUT2D eigenvalue weighted by Gasteiger charge is 2.56. The highest BCUT2D eigenvalue weighted by molar-refractivity contribution is 6.09. The number of imide groups is 1. The van der Waals surface area contributed by atoms with E-state index in [1.807, 2.05) is 0 Å². The lowest BCUT2D eigenvalue weighted by molar-refractivity contribution is -0.141. The van der Waals surface area contributed by atoms with Crippen LogP contribution in [0.15, 0.2) is 0 Å². The molecule has 0 unspecified atom stereocenters. The van der Waals surface area contributed by atoms with Crippen LogP contribution in [0.1, 0.15) is 19.8 Å². The van der Waals surface area contributed by atoms with E-state index in [4.69, 9.17) is 0 Å². The van der Waals surface area contributed by atoms with Gasteiger partial charge in [0.05, 0.1) is 0 Å². The molecule has 0 aromatic heterocycles. The number of nitrogens with zero attached hydrogens (tertiary/aromatic N) is 1. The third-order valence-electron chi connectivity index (χ3n) is 3.48. The van der Waals surface area contributed by atoms with Crippen LogP contribution in [0.5, 0.6) is 0 Å². The van der Waals surface area contributed by atoms with Crippen molar-refractivity contribution >= 4 is 17.8 Å². The average Bonchev–Trinajstić information content (AvgIpc) is 3.12. The van der Waals surface area contributed by atoms with Crippen molar-refractivity contribution in [1.82, 2.24) is 15.5 Å². The predicted octanol–water partition coefficient (Wildman–Crippen LogP) is 0.385. The van der Waals surface area contributed by atoms with Crippen molar-refractivity contribution in [3.63, 3.8) is 0 Å². The summed E-state index contributed by atoms with van der Waals surface area (Å²) in [5, 5.41) is 4.13. The Hall–Kier alpha value is -1.80. The molecule has 1 aliphatic carbocycles. The number of urea groups is 1. The topological polar surface area (TPSA) is 78.5 Å². The zero-order valence-electron chi connectivity index (χ0n) is 10.7. The van der Waals surface area contributed by atoms with Crippen LogP contribution in [-0.4, -0.2) is 47.6 Å². The first kappa shape index (κ1) is 14.6. The molecule has 1 atom stereocenters. The van der Waals surface area contributed by atoms with E-state index < -0.39 is 42.7 Å². The summed E-state index contributed by atoms with van der Waals surface area (Å²) in [5.74, 6) is -1.56. The molecule has 4 amide bonds. The fourth-order valence-electron chi connectivity index (χ4n) is 2.19. The summed E-state index contributed by atoms with van der Waals surface area (Å²) in [6.07, 6.45) is -2.93. The molecule has 2 fully saturated rings. The Labute approximate surface area is 112 Å². The molecule has 6 nitrogen and oxygen atoms in total. The van der Waals surface area contributed by atoms with E-state index in [1.165, 1.54) is 0 Å². The van der Waals surface area contributed by atoms with Gasteiger partial charge in [0.25, 0.3) is 5.91 Å². The van der Waals surface area contributed by atoms with Crippen LogP contribution in [-0.2, 0) is 9.59 Å². The Balaban J connectivity index is 1.94. The summed E-state index contributed by atoms with van der Waals surface area (Å²) in [4.78, 5) is 35.8. The Morgan fingerprint density at radius 2 is 2.05 bits per heavy atom. The van der Waals surface area contributed by atoms with E-state index in [-0.39, 0.29) is 5.92 Å². The maximum absolute atomic E-state index is 12.1. The third kappa shape index (κ3) is 2.86. The van der Waals surface area contributed by atoms with E-state index in [0.29, 0.717) is 4.90 Å². The highest BCUT2D eigenvalue weighted by atomic mass is 19.4. The number of alkyl halides is 3. The number of halogens is 3. The van der Waals surface area contributed by atoms with Crippen molar-refractivity contribution in [2.75, 3.05) is 13.1 Å². The Kier molecular flexibility index (Phi) is 3.39. The van der Waals surface area contributed by atoms with Gasteiger partial charge < -0.3 is 10.6 Å². The number of hydrogen-bond donors (Lipinski definition) is 2. The normalized spacial score (nSPS) is 26.7. The molecule has 9 heteroatoms. The number of amides is 4. The maximum Gasteiger partial charge on any atom is 0.405 e. The molecule has 0 radical (unpaired) electrons. The van der Waals surface area contributed by atoms with Gasteiger partial charge in [-0.25, -0.2) is 4.79 Å². The molecule has 2 aliphatic rings. The summed E-state index contributed by atoms with van der Waals surface area (Å²) < 4.78 is 35.8. The minimum atomic E-state index is -4.53. The SMILES string of the molecule is C[C@]1(C2CC2)NC(=O)N(CC(=O)NCC(F)(F)F)C1=O. The molecule has 2 rings (SSSR count). The molecule has 0 aromatic carbocycles. The second-order valence-corrected chi connectivity index (χ2v) is 5.19. The second kappa shape index (κ2) is 4.64. The van der Waals surface area contributed by atoms with Gasteiger partial charge in [-0.1, -0.05) is 0 Å². The van der Waals surface area contributed by atoms with Crippen LogP contribution < -0.4 is 10.6 Å². The minimum Gasteiger partial charge on any atom is -0.345 e. The number of rotatable bonds is 4. The van der Waals surface area contributed by atoms with E-state index >= 15 is 0 Å². The van der Waals surface area contributed by atoms with Gasteiger partial charge in [-0.05, 0) is 25.7 Å². The van der Waals surface area contributed by atoms with Gasteiger partial charge in [0, 0.05) is 0 Å². The summed E-state index contributed by atoms with van der Waals surface area (Å²) in [6.45, 7) is -0.628. The number of nitrogens with one attached hydrogen (secondary N) is 2. The molecule has 0 spiro atoms. The summed E-state index contributed by atoms with van der Waals surface area (Å²) in [6, 6.07) is -0.744. The molecule has 1 heterocycles. The quantitative estimate of drug-likeness (QED) is 0.736. The third-order valence-corrected chi connectivity index (χ3v) is 3.48. The lowest BCUT2D eigenvalue weighted by Crippen LogP contribution is -2.47. The zero-order valence-corrected chi connectivity index (χ0v) is 10.7. The lowest BCUT2D eigenvalue weighted by Gasteiger charge is -2.20. The van der Waals surface area contributed by atoms with Crippen LogP contribution in [0.3, 0.4) is 0 Å². The lowest BCUT2D eigenvalue weighted by atomic mass is 9.96. The van der Waals surface area contributed by atoms with Gasteiger partial charge in [-0.3, -0.25) is 14.5 Å². The van der Waals surface area contributed by atoms with E-state index in [0.717, 1.165) is 12.8 Å². The number of carbonyl (C=O) groups is 3. The van der Waals surface area contributed by atoms with E-state index in [1.54, 1.807) is 12.2 Å². The first-order valence-electron chi connectivity index (χ1n) is 6.11. The van der Waals surface area contributed by atoms with Crippen LogP contribution >= 0.6 is 0 Å². The second-order valence-electron chi connectivity index (χ2n) is 5.19. The fourth-order valence-corrected chi connectivity index (χ4v) is 2.19. The standard InChI is InChI=1S/C11H14F3N3O3/c1-10(6-2-3-6)8(19)17(9(20)16-10)4-7(18)15-5-11(12,13)14/h6H,2-5H2,1H3,(H,15,18)(H,16,20)/t10-/m1/s1. The zero-order chi connectivity index (χ0) is 15.1. The molecular formula is C11H14F3N3O3. The first-order valence-corrected chi connectivity index (χ1v) is 6.11. The van der Waals surface area contributed by atoms with Crippen molar-refractivity contribution in [2.24, 2.45) is 5.92 Å². The van der Waals surface area contributed by atoms with Gasteiger partial charge in [-0.15, -0.1) is 0 Å². The maximum atomic E-state index is 12.1. The molecule has 1 aliphatic heterocycles. The Morgan fingerprint density at radius 3 is 2.55 bits per heavy atom. The van der Waals surface area contributed by atoms with Gasteiger partial charge in [0.2, 0.25) is 5.91 Å². The van der Waals surface area contributed by atoms with Crippen LogP contribution in [0.4, 0.5) is 18.0 Å². The summed E-state index contributed by atoms with van der Waals surface area (Å²) in [5.41, 5.74) is -1.04. The van der Waals surface area contributed by atoms with Crippen molar-refractivity contribution in [3.8, 4) is 0 Å². The number of hydrogen-bond acceptors (Lipinski definition) is 3. The molecule has 20 heavy (non-hydrogen) atoms. The molecule has 0 aromatic rings. The average molecular weight is 293 g/mol. The molecule has 112 valence electrons. The van der Waals surface area contributed by atoms with E-state index in [9.17, 15) is 27.6 Å². The molecular weight excluding hydrogens is 279 g/mol. The highest BCUT2D eigenvalue weighted by Crippen LogP contribution is 2.42.